The topological polar surface area (TPSA) is 78.9 Å². The van der Waals surface area contributed by atoms with E-state index in [9.17, 15) is 14.4 Å². The maximum Gasteiger partial charge on any atom is 0.399 e. The summed E-state index contributed by atoms with van der Waals surface area (Å²) in [4.78, 5) is 49.8. The molecule has 0 N–H and O–H groups in total. The molecule has 338 valence electrons. The molecule has 0 aromatic heterocycles. The fourth-order valence-electron chi connectivity index (χ4n) is 8.09. The summed E-state index contributed by atoms with van der Waals surface area (Å²) in [6, 6.07) is 0. The SMILES string of the molecule is CCCCCCCCCCCCCCCC(=O)OOC(=O)C(CCCCCCCCCCCCCC)(OC(=O)CCCCCCCCCCCCCCC)C(C)C. The standard InChI is InChI=1S/C51H98O6/c1-6-9-12-15-18-21-24-27-29-32-35-38-41-44-48(52)55-51(47(4)5,46-43-40-37-34-31-26-23-20-17-14-11-8-3)50(54)57-56-49(53)45-42-39-36-33-30-28-25-22-19-16-13-10-7-2/h47H,6-46H2,1-5H3. The molecule has 0 spiro atoms. The van der Waals surface area contributed by atoms with E-state index in [1.807, 2.05) is 13.8 Å². The zero-order valence-electron chi connectivity index (χ0n) is 39.0. The lowest BCUT2D eigenvalue weighted by molar-refractivity contribution is -0.275. The molecule has 0 radical (unpaired) electrons. The summed E-state index contributed by atoms with van der Waals surface area (Å²) in [5, 5.41) is 0. The Morgan fingerprint density at radius 1 is 0.351 bits per heavy atom. The number of unbranched alkanes of at least 4 members (excludes halogenated alkanes) is 35. The van der Waals surface area contributed by atoms with Gasteiger partial charge < -0.3 is 4.74 Å². The van der Waals surface area contributed by atoms with Gasteiger partial charge in [-0.15, -0.1) is 0 Å². The Kier molecular flexibility index (Phi) is 41.3. The van der Waals surface area contributed by atoms with Gasteiger partial charge in [-0.25, -0.2) is 19.4 Å². The van der Waals surface area contributed by atoms with Crippen molar-refractivity contribution in [2.45, 2.75) is 303 Å². The molecule has 0 heterocycles. The number of esters is 1. The Morgan fingerprint density at radius 2 is 0.614 bits per heavy atom. The maximum atomic E-state index is 13.7. The molecule has 0 rings (SSSR count). The molecular weight excluding hydrogens is 709 g/mol. The van der Waals surface area contributed by atoms with Crippen molar-refractivity contribution in [1.82, 2.24) is 0 Å². The third-order valence-electron chi connectivity index (χ3n) is 12.2. The third-order valence-corrected chi connectivity index (χ3v) is 12.2. The first-order valence-corrected chi connectivity index (χ1v) is 25.5. The average molecular weight is 807 g/mol. The van der Waals surface area contributed by atoms with Crippen molar-refractivity contribution in [3.63, 3.8) is 0 Å². The van der Waals surface area contributed by atoms with E-state index in [0.717, 1.165) is 57.8 Å². The number of carbonyl (C=O) groups excluding carboxylic acids is 3. The fourth-order valence-corrected chi connectivity index (χ4v) is 8.09. The Labute approximate surface area is 355 Å². The molecule has 6 nitrogen and oxygen atoms in total. The van der Waals surface area contributed by atoms with Gasteiger partial charge in [-0.3, -0.25) is 4.79 Å². The van der Waals surface area contributed by atoms with E-state index in [0.29, 0.717) is 6.42 Å². The van der Waals surface area contributed by atoms with E-state index in [1.165, 1.54) is 186 Å². The average Bonchev–Trinajstić information content (AvgIpc) is 3.20. The van der Waals surface area contributed by atoms with Gasteiger partial charge in [0.1, 0.15) is 0 Å². The van der Waals surface area contributed by atoms with Crippen LogP contribution in [0.25, 0.3) is 0 Å². The summed E-state index contributed by atoms with van der Waals surface area (Å²) in [7, 11) is 0. The Hall–Kier alpha value is -1.59. The minimum absolute atomic E-state index is 0.220. The monoisotopic (exact) mass is 807 g/mol. The molecule has 6 heteroatoms. The smallest absolute Gasteiger partial charge is 0.399 e. The maximum absolute atomic E-state index is 13.7. The highest BCUT2D eigenvalue weighted by Gasteiger charge is 2.48. The zero-order chi connectivity index (χ0) is 41.9. The van der Waals surface area contributed by atoms with Gasteiger partial charge >= 0.3 is 17.9 Å². The molecule has 0 bridgehead atoms. The molecule has 0 aliphatic carbocycles. The van der Waals surface area contributed by atoms with Crippen LogP contribution in [0, 0.1) is 5.92 Å². The molecule has 0 fully saturated rings. The molecule has 0 aromatic rings. The molecule has 1 atom stereocenters. The van der Waals surface area contributed by atoms with Gasteiger partial charge in [-0.05, 0) is 25.7 Å². The summed E-state index contributed by atoms with van der Waals surface area (Å²) in [6.07, 6.45) is 47.6. The summed E-state index contributed by atoms with van der Waals surface area (Å²) in [6.45, 7) is 10.6. The van der Waals surface area contributed by atoms with Crippen LogP contribution in [-0.2, 0) is 28.9 Å². The lowest BCUT2D eigenvalue weighted by atomic mass is 9.84. The van der Waals surface area contributed by atoms with Crippen LogP contribution >= 0.6 is 0 Å². The van der Waals surface area contributed by atoms with Crippen molar-refractivity contribution in [2.24, 2.45) is 5.92 Å². The summed E-state index contributed by atoms with van der Waals surface area (Å²) in [5.74, 6) is -1.96. The van der Waals surface area contributed by atoms with Crippen LogP contribution in [0.2, 0.25) is 0 Å². The number of hydrogen-bond acceptors (Lipinski definition) is 6. The molecule has 0 aliphatic heterocycles. The van der Waals surface area contributed by atoms with Gasteiger partial charge in [0.05, 0.1) is 6.42 Å². The first kappa shape index (κ1) is 55.4. The number of ether oxygens (including phenoxy) is 1. The van der Waals surface area contributed by atoms with Crippen molar-refractivity contribution in [1.29, 1.82) is 0 Å². The first-order valence-electron chi connectivity index (χ1n) is 25.5. The minimum atomic E-state index is -1.46. The van der Waals surface area contributed by atoms with Gasteiger partial charge in [-0.2, -0.15) is 0 Å². The van der Waals surface area contributed by atoms with Crippen LogP contribution in [0.3, 0.4) is 0 Å². The number of rotatable bonds is 44. The van der Waals surface area contributed by atoms with E-state index in [4.69, 9.17) is 14.5 Å². The highest BCUT2D eigenvalue weighted by atomic mass is 17.2. The summed E-state index contributed by atoms with van der Waals surface area (Å²) in [5.41, 5.74) is -1.46. The van der Waals surface area contributed by atoms with Crippen LogP contribution in [0.1, 0.15) is 298 Å². The minimum Gasteiger partial charge on any atom is -0.447 e. The molecular formula is C51H98O6. The van der Waals surface area contributed by atoms with Crippen molar-refractivity contribution < 1.29 is 28.9 Å². The normalized spacial score (nSPS) is 12.5. The lowest BCUT2D eigenvalue weighted by Crippen LogP contribution is -2.49. The van der Waals surface area contributed by atoms with Crippen LogP contribution in [0.15, 0.2) is 0 Å². The second kappa shape index (κ2) is 42.5. The van der Waals surface area contributed by atoms with Crippen molar-refractivity contribution in [3.05, 3.63) is 0 Å². The molecule has 0 saturated carbocycles. The van der Waals surface area contributed by atoms with Crippen molar-refractivity contribution >= 4 is 17.9 Å². The zero-order valence-corrected chi connectivity index (χ0v) is 39.0. The summed E-state index contributed by atoms with van der Waals surface area (Å²) < 4.78 is 6.08. The van der Waals surface area contributed by atoms with Crippen molar-refractivity contribution in [2.75, 3.05) is 0 Å². The predicted molar refractivity (Wildman–Crippen MR) is 242 cm³/mol. The van der Waals surface area contributed by atoms with E-state index in [-0.39, 0.29) is 24.7 Å². The van der Waals surface area contributed by atoms with Gasteiger partial charge in [-0.1, -0.05) is 259 Å². The molecule has 1 unspecified atom stereocenters. The van der Waals surface area contributed by atoms with Crippen LogP contribution in [0.5, 0.6) is 0 Å². The molecule has 57 heavy (non-hydrogen) atoms. The molecule has 0 aromatic carbocycles. The van der Waals surface area contributed by atoms with Crippen LogP contribution in [-0.4, -0.2) is 23.5 Å². The van der Waals surface area contributed by atoms with Gasteiger partial charge in [0.2, 0.25) is 5.60 Å². The van der Waals surface area contributed by atoms with E-state index >= 15 is 0 Å². The predicted octanol–water partition coefficient (Wildman–Crippen LogP) is 17.0. The highest BCUT2D eigenvalue weighted by molar-refractivity contribution is 5.84. The molecule has 0 saturated heterocycles. The van der Waals surface area contributed by atoms with Crippen molar-refractivity contribution in [3.8, 4) is 0 Å². The van der Waals surface area contributed by atoms with Crippen LogP contribution in [0.4, 0.5) is 0 Å². The van der Waals surface area contributed by atoms with Crippen LogP contribution < -0.4 is 0 Å². The summed E-state index contributed by atoms with van der Waals surface area (Å²) >= 11 is 0. The highest BCUT2D eigenvalue weighted by Crippen LogP contribution is 2.32. The second-order valence-corrected chi connectivity index (χ2v) is 18.0. The van der Waals surface area contributed by atoms with Gasteiger partial charge in [0.15, 0.2) is 0 Å². The number of carbonyl (C=O) groups is 3. The van der Waals surface area contributed by atoms with E-state index in [1.54, 1.807) is 0 Å². The van der Waals surface area contributed by atoms with Gasteiger partial charge in [0.25, 0.3) is 0 Å². The Bertz CT molecular complexity index is 887. The second-order valence-electron chi connectivity index (χ2n) is 18.0. The first-order chi connectivity index (χ1) is 27.8. The fraction of sp³-hybridized carbons (Fsp3) is 0.941. The lowest BCUT2D eigenvalue weighted by Gasteiger charge is -2.34. The largest absolute Gasteiger partial charge is 0.447 e. The Morgan fingerprint density at radius 3 is 0.912 bits per heavy atom. The van der Waals surface area contributed by atoms with E-state index < -0.39 is 17.5 Å². The molecule has 0 amide bonds. The number of hydrogen-bond donors (Lipinski definition) is 0. The van der Waals surface area contributed by atoms with Gasteiger partial charge in [0, 0.05) is 12.3 Å². The quantitative estimate of drug-likeness (QED) is 0.0264. The molecule has 0 aliphatic rings. The Balaban J connectivity index is 4.71. The van der Waals surface area contributed by atoms with E-state index in [2.05, 4.69) is 20.8 Å². The third kappa shape index (κ3) is 34.9.